The zero-order valence-electron chi connectivity index (χ0n) is 8.07. The Morgan fingerprint density at radius 3 is 3.00 bits per heavy atom. The molecule has 4 heteroatoms. The first kappa shape index (κ1) is 10.7. The molecule has 1 amide bonds. The molecule has 76 valence electrons. The third kappa shape index (κ3) is 4.00. The summed E-state index contributed by atoms with van der Waals surface area (Å²) in [5.41, 5.74) is 6.20. The summed E-state index contributed by atoms with van der Waals surface area (Å²) in [6.45, 7) is 1.02. The van der Waals surface area contributed by atoms with Gasteiger partial charge in [0.1, 0.15) is 0 Å². The summed E-state index contributed by atoms with van der Waals surface area (Å²) in [7, 11) is 0. The Hall–Kier alpha value is -1.42. The van der Waals surface area contributed by atoms with Gasteiger partial charge >= 0.3 is 0 Å². The highest BCUT2D eigenvalue weighted by atomic mass is 16.1. The number of nitrogens with one attached hydrogen (secondary N) is 1. The lowest BCUT2D eigenvalue weighted by molar-refractivity contribution is -0.121. The Morgan fingerprint density at radius 2 is 2.36 bits per heavy atom. The lowest BCUT2D eigenvalue weighted by Crippen LogP contribution is -2.29. The third-order valence-electron chi connectivity index (χ3n) is 1.80. The maximum absolute atomic E-state index is 11.2. The van der Waals surface area contributed by atoms with E-state index in [0.717, 1.165) is 5.69 Å². The molecule has 0 aliphatic heterocycles. The summed E-state index contributed by atoms with van der Waals surface area (Å²) in [5, 5.41) is 2.71. The average molecular weight is 193 g/mol. The van der Waals surface area contributed by atoms with Crippen LogP contribution in [0.2, 0.25) is 0 Å². The summed E-state index contributed by atoms with van der Waals surface area (Å²) in [5.74, 6) is 0.0288. The predicted molar refractivity (Wildman–Crippen MR) is 54.6 cm³/mol. The standard InChI is InChI=1S/C10H15N3O/c11-6-8-13-10(14)5-4-9-3-1-2-7-12-9/h1-3,7H,4-6,8,11H2,(H,13,14). The Morgan fingerprint density at radius 1 is 1.50 bits per heavy atom. The Balaban J connectivity index is 2.24. The van der Waals surface area contributed by atoms with Crippen LogP contribution >= 0.6 is 0 Å². The second-order valence-electron chi connectivity index (χ2n) is 2.96. The van der Waals surface area contributed by atoms with E-state index >= 15 is 0 Å². The van der Waals surface area contributed by atoms with Gasteiger partial charge in [0.25, 0.3) is 0 Å². The fourth-order valence-electron chi connectivity index (χ4n) is 1.09. The van der Waals surface area contributed by atoms with Crippen LogP contribution in [0.5, 0.6) is 0 Å². The van der Waals surface area contributed by atoms with Crippen LogP contribution in [0.3, 0.4) is 0 Å². The van der Waals surface area contributed by atoms with Gasteiger partial charge in [-0.3, -0.25) is 9.78 Å². The molecule has 1 aromatic rings. The SMILES string of the molecule is NCCNC(=O)CCc1ccccn1. The lowest BCUT2D eigenvalue weighted by atomic mass is 10.2. The molecule has 0 fully saturated rings. The van der Waals surface area contributed by atoms with Crippen molar-refractivity contribution in [3.63, 3.8) is 0 Å². The molecule has 0 saturated carbocycles. The van der Waals surface area contributed by atoms with Crippen LogP contribution in [-0.4, -0.2) is 24.0 Å². The molecular formula is C10H15N3O. The maximum Gasteiger partial charge on any atom is 0.220 e. The van der Waals surface area contributed by atoms with E-state index in [1.807, 2.05) is 18.2 Å². The van der Waals surface area contributed by atoms with Crippen molar-refractivity contribution in [3.8, 4) is 0 Å². The molecule has 0 aliphatic rings. The average Bonchev–Trinajstić information content (AvgIpc) is 2.25. The van der Waals surface area contributed by atoms with E-state index in [1.165, 1.54) is 0 Å². The van der Waals surface area contributed by atoms with Gasteiger partial charge in [-0.15, -0.1) is 0 Å². The minimum Gasteiger partial charge on any atom is -0.355 e. The van der Waals surface area contributed by atoms with E-state index in [-0.39, 0.29) is 5.91 Å². The van der Waals surface area contributed by atoms with Crippen LogP contribution in [0.15, 0.2) is 24.4 Å². The molecule has 0 aliphatic carbocycles. The molecule has 0 aromatic carbocycles. The summed E-state index contributed by atoms with van der Waals surface area (Å²) in [4.78, 5) is 15.3. The number of hydrogen-bond donors (Lipinski definition) is 2. The van der Waals surface area contributed by atoms with Gasteiger partial charge in [0.15, 0.2) is 0 Å². The first-order valence-corrected chi connectivity index (χ1v) is 4.69. The number of aryl methyl sites for hydroxylation is 1. The molecule has 1 rings (SSSR count). The highest BCUT2D eigenvalue weighted by Crippen LogP contribution is 1.97. The Kier molecular flexibility index (Phi) is 4.64. The van der Waals surface area contributed by atoms with Gasteiger partial charge in [-0.1, -0.05) is 6.07 Å². The van der Waals surface area contributed by atoms with Crippen molar-refractivity contribution in [2.45, 2.75) is 12.8 Å². The number of amides is 1. The second-order valence-corrected chi connectivity index (χ2v) is 2.96. The molecule has 14 heavy (non-hydrogen) atoms. The summed E-state index contributed by atoms with van der Waals surface area (Å²) in [6.07, 6.45) is 2.88. The zero-order valence-corrected chi connectivity index (χ0v) is 8.07. The van der Waals surface area contributed by atoms with Gasteiger partial charge in [0.05, 0.1) is 0 Å². The summed E-state index contributed by atoms with van der Waals surface area (Å²) in [6, 6.07) is 5.69. The number of nitrogens with two attached hydrogens (primary N) is 1. The first-order valence-electron chi connectivity index (χ1n) is 4.69. The molecule has 0 atom stereocenters. The fraction of sp³-hybridized carbons (Fsp3) is 0.400. The van der Waals surface area contributed by atoms with Crippen LogP contribution < -0.4 is 11.1 Å². The van der Waals surface area contributed by atoms with Crippen LogP contribution in [-0.2, 0) is 11.2 Å². The van der Waals surface area contributed by atoms with Crippen molar-refractivity contribution < 1.29 is 4.79 Å². The van der Waals surface area contributed by atoms with Crippen molar-refractivity contribution in [3.05, 3.63) is 30.1 Å². The summed E-state index contributed by atoms with van der Waals surface area (Å²) < 4.78 is 0. The van der Waals surface area contributed by atoms with Gasteiger partial charge in [-0.05, 0) is 18.6 Å². The van der Waals surface area contributed by atoms with Crippen LogP contribution in [0.25, 0.3) is 0 Å². The van der Waals surface area contributed by atoms with Crippen molar-refractivity contribution in [1.29, 1.82) is 0 Å². The van der Waals surface area contributed by atoms with E-state index in [4.69, 9.17) is 5.73 Å². The monoisotopic (exact) mass is 193 g/mol. The largest absolute Gasteiger partial charge is 0.355 e. The zero-order chi connectivity index (χ0) is 10.2. The van der Waals surface area contributed by atoms with Gasteiger partial charge < -0.3 is 11.1 Å². The van der Waals surface area contributed by atoms with Crippen LogP contribution in [0, 0.1) is 0 Å². The van der Waals surface area contributed by atoms with Crippen molar-refractivity contribution >= 4 is 5.91 Å². The molecule has 3 N–H and O–H groups in total. The first-order chi connectivity index (χ1) is 6.83. The van der Waals surface area contributed by atoms with Gasteiger partial charge in [-0.25, -0.2) is 0 Å². The molecule has 0 spiro atoms. The molecule has 1 aromatic heterocycles. The maximum atomic E-state index is 11.2. The molecule has 0 unspecified atom stereocenters. The third-order valence-corrected chi connectivity index (χ3v) is 1.80. The van der Waals surface area contributed by atoms with Crippen molar-refractivity contribution in [2.24, 2.45) is 5.73 Å². The number of carbonyl (C=O) groups is 1. The highest BCUT2D eigenvalue weighted by Gasteiger charge is 2.00. The van der Waals surface area contributed by atoms with Crippen molar-refractivity contribution in [1.82, 2.24) is 10.3 Å². The number of hydrogen-bond acceptors (Lipinski definition) is 3. The number of rotatable bonds is 5. The molecular weight excluding hydrogens is 178 g/mol. The number of aromatic nitrogens is 1. The number of nitrogens with zero attached hydrogens (tertiary/aromatic N) is 1. The van der Waals surface area contributed by atoms with Gasteiger partial charge in [-0.2, -0.15) is 0 Å². The minimum atomic E-state index is 0.0288. The molecule has 4 nitrogen and oxygen atoms in total. The quantitative estimate of drug-likeness (QED) is 0.696. The second kappa shape index (κ2) is 6.10. The predicted octanol–water partition coefficient (Wildman–Crippen LogP) is 0.0891. The lowest BCUT2D eigenvalue weighted by Gasteiger charge is -2.02. The minimum absolute atomic E-state index is 0.0288. The highest BCUT2D eigenvalue weighted by molar-refractivity contribution is 5.76. The normalized spacial score (nSPS) is 9.79. The molecule has 0 saturated heterocycles. The number of pyridine rings is 1. The van der Waals surface area contributed by atoms with E-state index in [9.17, 15) is 4.79 Å². The van der Waals surface area contributed by atoms with E-state index in [1.54, 1.807) is 6.20 Å². The van der Waals surface area contributed by atoms with E-state index in [2.05, 4.69) is 10.3 Å². The van der Waals surface area contributed by atoms with Crippen molar-refractivity contribution in [2.75, 3.05) is 13.1 Å². The molecule has 1 heterocycles. The molecule has 0 radical (unpaired) electrons. The Bertz CT molecular complexity index is 274. The summed E-state index contributed by atoms with van der Waals surface area (Å²) >= 11 is 0. The van der Waals surface area contributed by atoms with Gasteiger partial charge in [0.2, 0.25) is 5.91 Å². The van der Waals surface area contributed by atoms with Crippen LogP contribution in [0.1, 0.15) is 12.1 Å². The smallest absolute Gasteiger partial charge is 0.220 e. The van der Waals surface area contributed by atoms with E-state index < -0.39 is 0 Å². The van der Waals surface area contributed by atoms with Gasteiger partial charge in [0, 0.05) is 31.4 Å². The fourth-order valence-corrected chi connectivity index (χ4v) is 1.09. The number of carbonyl (C=O) groups excluding carboxylic acids is 1. The van der Waals surface area contributed by atoms with E-state index in [0.29, 0.717) is 25.9 Å². The van der Waals surface area contributed by atoms with Crippen LogP contribution in [0.4, 0.5) is 0 Å². The molecule has 0 bridgehead atoms. The topological polar surface area (TPSA) is 68.0 Å². The Labute approximate surface area is 83.5 Å².